The van der Waals surface area contributed by atoms with Gasteiger partial charge in [-0.15, -0.1) is 0 Å². The number of nitro benzene ring substituents is 1. The normalized spacial score (nSPS) is 13.9. The molecular formula is C20H20BrN3O5. The van der Waals surface area contributed by atoms with Gasteiger partial charge in [-0.2, -0.15) is 0 Å². The van der Waals surface area contributed by atoms with Crippen molar-refractivity contribution in [3.63, 3.8) is 0 Å². The fourth-order valence-corrected chi connectivity index (χ4v) is 3.47. The summed E-state index contributed by atoms with van der Waals surface area (Å²) in [5.41, 5.74) is 1.03. The second-order valence-corrected chi connectivity index (χ2v) is 7.38. The zero-order chi connectivity index (χ0) is 21.0. The molecule has 0 atom stereocenters. The summed E-state index contributed by atoms with van der Waals surface area (Å²) < 4.78 is 5.82. The van der Waals surface area contributed by atoms with Crippen molar-refractivity contribution in [3.05, 3.63) is 68.2 Å². The molecule has 8 nitrogen and oxygen atoms in total. The second kappa shape index (κ2) is 9.04. The van der Waals surface area contributed by atoms with Gasteiger partial charge >= 0.3 is 5.97 Å². The topological polar surface area (TPSA) is 93.0 Å². The minimum Gasteiger partial charge on any atom is -0.462 e. The zero-order valence-corrected chi connectivity index (χ0v) is 17.4. The summed E-state index contributed by atoms with van der Waals surface area (Å²) in [5, 5.41) is 11.5. The van der Waals surface area contributed by atoms with Gasteiger partial charge in [0.1, 0.15) is 5.69 Å². The van der Waals surface area contributed by atoms with Crippen LogP contribution in [-0.4, -0.2) is 54.5 Å². The molecule has 0 aromatic heterocycles. The van der Waals surface area contributed by atoms with Crippen LogP contribution in [0.2, 0.25) is 0 Å². The smallest absolute Gasteiger partial charge is 0.338 e. The number of carbonyl (C=O) groups is 2. The number of hydrogen-bond donors (Lipinski definition) is 0. The highest BCUT2D eigenvalue weighted by atomic mass is 79.9. The maximum Gasteiger partial charge on any atom is 0.338 e. The third kappa shape index (κ3) is 4.73. The Morgan fingerprint density at radius 2 is 1.69 bits per heavy atom. The van der Waals surface area contributed by atoms with Crippen molar-refractivity contribution in [1.29, 1.82) is 0 Å². The molecule has 3 rings (SSSR count). The third-order valence-electron chi connectivity index (χ3n) is 4.68. The number of nitrogens with zero attached hydrogens (tertiary/aromatic N) is 3. The molecule has 1 heterocycles. The number of carbonyl (C=O) groups excluding carboxylic acids is 2. The average Bonchev–Trinajstić information content (AvgIpc) is 2.73. The van der Waals surface area contributed by atoms with Crippen LogP contribution in [0.4, 0.5) is 11.4 Å². The highest BCUT2D eigenvalue weighted by Crippen LogP contribution is 2.30. The van der Waals surface area contributed by atoms with E-state index in [1.807, 2.05) is 17.0 Å². The van der Waals surface area contributed by atoms with Gasteiger partial charge in [0.25, 0.3) is 11.6 Å². The van der Waals surface area contributed by atoms with Crippen LogP contribution in [0.5, 0.6) is 0 Å². The van der Waals surface area contributed by atoms with Crippen LogP contribution in [0.15, 0.2) is 46.9 Å². The summed E-state index contributed by atoms with van der Waals surface area (Å²) >= 11 is 3.35. The number of esters is 1. The first kappa shape index (κ1) is 20.8. The summed E-state index contributed by atoms with van der Waals surface area (Å²) in [6.45, 7) is 3.69. The number of benzene rings is 2. The molecule has 29 heavy (non-hydrogen) atoms. The molecule has 0 N–H and O–H groups in total. The van der Waals surface area contributed by atoms with Crippen molar-refractivity contribution in [2.45, 2.75) is 6.92 Å². The third-order valence-corrected chi connectivity index (χ3v) is 5.21. The summed E-state index contributed by atoms with van der Waals surface area (Å²) in [6, 6.07) is 11.5. The molecule has 0 spiro atoms. The number of piperazine rings is 1. The average molecular weight is 462 g/mol. The van der Waals surface area contributed by atoms with Gasteiger partial charge in [0.05, 0.1) is 17.1 Å². The number of ether oxygens (including phenoxy) is 1. The number of nitro groups is 1. The minimum atomic E-state index is -0.591. The second-order valence-electron chi connectivity index (χ2n) is 6.47. The Morgan fingerprint density at radius 3 is 2.28 bits per heavy atom. The van der Waals surface area contributed by atoms with E-state index in [4.69, 9.17) is 4.74 Å². The lowest BCUT2D eigenvalue weighted by atomic mass is 10.1. The number of rotatable bonds is 5. The number of anilines is 1. The van der Waals surface area contributed by atoms with Crippen LogP contribution in [-0.2, 0) is 4.74 Å². The van der Waals surface area contributed by atoms with Crippen LogP contribution in [0, 0.1) is 10.1 Å². The summed E-state index contributed by atoms with van der Waals surface area (Å²) in [6.07, 6.45) is 0. The van der Waals surface area contributed by atoms with E-state index in [2.05, 4.69) is 15.9 Å². The minimum absolute atomic E-state index is 0.0655. The quantitative estimate of drug-likeness (QED) is 0.384. The summed E-state index contributed by atoms with van der Waals surface area (Å²) in [5.74, 6) is -0.656. The molecule has 1 aliphatic rings. The fourth-order valence-electron chi connectivity index (χ4n) is 3.20. The lowest BCUT2D eigenvalue weighted by Crippen LogP contribution is -2.49. The Kier molecular flexibility index (Phi) is 6.48. The molecule has 1 fully saturated rings. The molecule has 2 aromatic rings. The van der Waals surface area contributed by atoms with Crippen molar-refractivity contribution >= 4 is 39.2 Å². The van der Waals surface area contributed by atoms with Gasteiger partial charge in [-0.25, -0.2) is 4.79 Å². The van der Waals surface area contributed by atoms with E-state index < -0.39 is 10.9 Å². The van der Waals surface area contributed by atoms with Gasteiger partial charge in [-0.1, -0.05) is 15.9 Å². The predicted molar refractivity (Wildman–Crippen MR) is 111 cm³/mol. The van der Waals surface area contributed by atoms with Crippen LogP contribution in [0.1, 0.15) is 27.6 Å². The lowest BCUT2D eigenvalue weighted by Gasteiger charge is -2.35. The van der Waals surface area contributed by atoms with Crippen LogP contribution in [0.3, 0.4) is 0 Å². The Balaban J connectivity index is 1.73. The number of amides is 1. The monoisotopic (exact) mass is 461 g/mol. The van der Waals surface area contributed by atoms with Crippen LogP contribution in [0.25, 0.3) is 0 Å². The first-order valence-electron chi connectivity index (χ1n) is 9.16. The highest BCUT2D eigenvalue weighted by molar-refractivity contribution is 9.10. The molecule has 0 aliphatic carbocycles. The Labute approximate surface area is 176 Å². The van der Waals surface area contributed by atoms with E-state index in [1.54, 1.807) is 30.0 Å². The molecular weight excluding hydrogens is 442 g/mol. The van der Waals surface area contributed by atoms with Gasteiger partial charge in [0.15, 0.2) is 0 Å². The van der Waals surface area contributed by atoms with Gasteiger partial charge in [0, 0.05) is 42.3 Å². The SMILES string of the molecule is CCOC(=O)c1ccc(N2CCN(C(=O)c3ccc(Br)cc3)CC2)c([N+](=O)[O-])c1. The summed E-state index contributed by atoms with van der Waals surface area (Å²) in [4.78, 5) is 39.2. The largest absolute Gasteiger partial charge is 0.462 e. The van der Waals surface area contributed by atoms with E-state index in [-0.39, 0.29) is 23.8 Å². The van der Waals surface area contributed by atoms with E-state index in [0.29, 0.717) is 37.4 Å². The van der Waals surface area contributed by atoms with E-state index >= 15 is 0 Å². The molecule has 2 aromatic carbocycles. The molecule has 1 saturated heterocycles. The first-order chi connectivity index (χ1) is 13.9. The predicted octanol–water partition coefficient (Wildman–Crippen LogP) is 3.50. The van der Waals surface area contributed by atoms with Gasteiger partial charge in [-0.05, 0) is 43.3 Å². The van der Waals surface area contributed by atoms with Crippen LogP contribution < -0.4 is 4.90 Å². The zero-order valence-electron chi connectivity index (χ0n) is 15.8. The molecule has 0 radical (unpaired) electrons. The van der Waals surface area contributed by atoms with Gasteiger partial charge in [-0.3, -0.25) is 14.9 Å². The number of halogens is 1. The van der Waals surface area contributed by atoms with Crippen molar-refractivity contribution in [3.8, 4) is 0 Å². The molecule has 0 saturated carbocycles. The molecule has 152 valence electrons. The highest BCUT2D eigenvalue weighted by Gasteiger charge is 2.27. The number of hydrogen-bond acceptors (Lipinski definition) is 6. The van der Waals surface area contributed by atoms with E-state index in [0.717, 1.165) is 4.47 Å². The molecule has 0 bridgehead atoms. The Bertz CT molecular complexity index is 924. The Morgan fingerprint density at radius 1 is 1.07 bits per heavy atom. The van der Waals surface area contributed by atoms with Crippen LogP contribution >= 0.6 is 15.9 Å². The first-order valence-corrected chi connectivity index (χ1v) is 9.95. The lowest BCUT2D eigenvalue weighted by molar-refractivity contribution is -0.384. The standard InChI is InChI=1S/C20H20BrN3O5/c1-2-29-20(26)15-5-8-17(18(13-15)24(27)28)22-9-11-23(12-10-22)19(25)14-3-6-16(21)7-4-14/h3-8,13H,2,9-12H2,1H3. The maximum atomic E-state index is 12.6. The van der Waals surface area contributed by atoms with E-state index in [9.17, 15) is 19.7 Å². The van der Waals surface area contributed by atoms with Crippen molar-refractivity contribution < 1.29 is 19.2 Å². The molecule has 1 aliphatic heterocycles. The summed E-state index contributed by atoms with van der Waals surface area (Å²) in [7, 11) is 0. The van der Waals surface area contributed by atoms with Gasteiger partial charge in [0.2, 0.25) is 0 Å². The molecule has 0 unspecified atom stereocenters. The van der Waals surface area contributed by atoms with Crippen molar-refractivity contribution in [2.24, 2.45) is 0 Å². The van der Waals surface area contributed by atoms with E-state index in [1.165, 1.54) is 12.1 Å². The molecule has 1 amide bonds. The van der Waals surface area contributed by atoms with Gasteiger partial charge < -0.3 is 14.5 Å². The van der Waals surface area contributed by atoms with Crippen molar-refractivity contribution in [1.82, 2.24) is 4.90 Å². The van der Waals surface area contributed by atoms with Crippen molar-refractivity contribution in [2.75, 3.05) is 37.7 Å². The fraction of sp³-hybridized carbons (Fsp3) is 0.300. The Hall–Kier alpha value is -2.94. The molecule has 9 heteroatoms. The maximum absolute atomic E-state index is 12.6.